The van der Waals surface area contributed by atoms with Gasteiger partial charge in [0.1, 0.15) is 0 Å². The van der Waals surface area contributed by atoms with Gasteiger partial charge in [0.15, 0.2) is 0 Å². The molecule has 0 radical (unpaired) electrons. The van der Waals surface area contributed by atoms with Gasteiger partial charge in [0, 0.05) is 46.6 Å². The van der Waals surface area contributed by atoms with E-state index in [1.54, 1.807) is 18.6 Å². The number of hydrogen-bond donors (Lipinski definition) is 1. The standard InChI is InChI=1S/C13H14N2OS/c1-17(16)10-11-3-2-4-13(9-11)15-12-5-7-14-8-6-12/h2-9H,10H2,1H3,(H,14,15)/t17-/m0/s1. The van der Waals surface area contributed by atoms with Gasteiger partial charge in [-0.25, -0.2) is 0 Å². The number of nitrogens with zero attached hydrogens (tertiary/aromatic N) is 1. The lowest BCUT2D eigenvalue weighted by Crippen LogP contribution is -1.95. The molecule has 2 rings (SSSR count). The van der Waals surface area contributed by atoms with Crippen molar-refractivity contribution in [1.82, 2.24) is 4.98 Å². The Balaban J connectivity index is 2.14. The molecule has 0 unspecified atom stereocenters. The Kier molecular flexibility index (Phi) is 3.88. The Hall–Kier alpha value is -1.68. The zero-order chi connectivity index (χ0) is 12.1. The molecule has 1 aromatic heterocycles. The molecule has 0 bridgehead atoms. The number of hydrogen-bond acceptors (Lipinski definition) is 3. The van der Waals surface area contributed by atoms with Crippen molar-refractivity contribution >= 4 is 22.2 Å². The van der Waals surface area contributed by atoms with Gasteiger partial charge in [-0.15, -0.1) is 0 Å². The lowest BCUT2D eigenvalue weighted by molar-refractivity contribution is 0.686. The molecule has 0 aliphatic rings. The van der Waals surface area contributed by atoms with Crippen LogP contribution in [0.1, 0.15) is 5.56 Å². The predicted octanol–water partition coefficient (Wildman–Crippen LogP) is 2.70. The van der Waals surface area contributed by atoms with Crippen molar-refractivity contribution in [3.8, 4) is 0 Å². The maximum absolute atomic E-state index is 11.2. The van der Waals surface area contributed by atoms with Crippen molar-refractivity contribution < 1.29 is 4.21 Å². The summed E-state index contributed by atoms with van der Waals surface area (Å²) in [6.07, 6.45) is 5.20. The summed E-state index contributed by atoms with van der Waals surface area (Å²) in [7, 11) is -0.809. The summed E-state index contributed by atoms with van der Waals surface area (Å²) in [5, 5.41) is 3.28. The molecule has 2 aromatic rings. The zero-order valence-electron chi connectivity index (χ0n) is 9.59. The number of rotatable bonds is 4. The van der Waals surface area contributed by atoms with E-state index in [2.05, 4.69) is 10.3 Å². The van der Waals surface area contributed by atoms with Crippen LogP contribution in [0, 0.1) is 0 Å². The van der Waals surface area contributed by atoms with Gasteiger partial charge in [0.05, 0.1) is 0 Å². The van der Waals surface area contributed by atoms with E-state index < -0.39 is 10.8 Å². The van der Waals surface area contributed by atoms with E-state index in [1.165, 1.54) is 0 Å². The Bertz CT molecular complexity index is 514. The van der Waals surface area contributed by atoms with Gasteiger partial charge in [-0.2, -0.15) is 0 Å². The molecule has 0 spiro atoms. The van der Waals surface area contributed by atoms with Crippen LogP contribution in [0.5, 0.6) is 0 Å². The molecule has 0 aliphatic heterocycles. The average Bonchev–Trinajstić information content (AvgIpc) is 2.30. The van der Waals surface area contributed by atoms with E-state index in [-0.39, 0.29) is 0 Å². The lowest BCUT2D eigenvalue weighted by Gasteiger charge is -2.07. The van der Waals surface area contributed by atoms with Crippen molar-refractivity contribution in [3.63, 3.8) is 0 Å². The third kappa shape index (κ3) is 3.67. The first kappa shape index (κ1) is 11.8. The monoisotopic (exact) mass is 246 g/mol. The largest absolute Gasteiger partial charge is 0.355 e. The SMILES string of the molecule is C[S@](=O)Cc1cccc(Nc2ccncc2)c1. The summed E-state index contributed by atoms with van der Waals surface area (Å²) in [5.74, 6) is 0.589. The molecule has 1 atom stereocenters. The van der Waals surface area contributed by atoms with Crippen molar-refractivity contribution in [1.29, 1.82) is 0 Å². The van der Waals surface area contributed by atoms with Crippen LogP contribution in [0.3, 0.4) is 0 Å². The molecular weight excluding hydrogens is 232 g/mol. The molecule has 0 fully saturated rings. The molecule has 3 nitrogen and oxygen atoms in total. The molecule has 0 amide bonds. The number of pyridine rings is 1. The minimum Gasteiger partial charge on any atom is -0.355 e. The van der Waals surface area contributed by atoms with Crippen LogP contribution in [0.2, 0.25) is 0 Å². The average molecular weight is 246 g/mol. The van der Waals surface area contributed by atoms with E-state index in [0.29, 0.717) is 5.75 Å². The number of nitrogens with one attached hydrogen (secondary N) is 1. The number of benzene rings is 1. The molecule has 88 valence electrons. The Morgan fingerprint density at radius 3 is 2.65 bits per heavy atom. The first-order chi connectivity index (χ1) is 8.24. The fraction of sp³-hybridized carbons (Fsp3) is 0.154. The van der Waals surface area contributed by atoms with Gasteiger partial charge >= 0.3 is 0 Å². The first-order valence-electron chi connectivity index (χ1n) is 5.30. The lowest BCUT2D eigenvalue weighted by atomic mass is 10.2. The number of aromatic nitrogens is 1. The summed E-state index contributed by atoms with van der Waals surface area (Å²) in [4.78, 5) is 3.96. The topological polar surface area (TPSA) is 42.0 Å². The molecule has 1 N–H and O–H groups in total. The maximum Gasteiger partial charge on any atom is 0.0483 e. The van der Waals surface area contributed by atoms with Crippen molar-refractivity contribution in [2.24, 2.45) is 0 Å². The van der Waals surface area contributed by atoms with Gasteiger partial charge in [-0.05, 0) is 29.8 Å². The molecular formula is C13H14N2OS. The van der Waals surface area contributed by atoms with Gasteiger partial charge in [-0.1, -0.05) is 12.1 Å². The molecule has 0 saturated heterocycles. The summed E-state index contributed by atoms with van der Waals surface area (Å²) in [6.45, 7) is 0. The van der Waals surface area contributed by atoms with Crippen molar-refractivity contribution in [2.45, 2.75) is 5.75 Å². The second-order valence-corrected chi connectivity index (χ2v) is 5.21. The third-order valence-corrected chi connectivity index (χ3v) is 3.01. The fourth-order valence-corrected chi connectivity index (χ4v) is 2.22. The maximum atomic E-state index is 11.2. The van der Waals surface area contributed by atoms with E-state index >= 15 is 0 Å². The quantitative estimate of drug-likeness (QED) is 0.902. The Morgan fingerprint density at radius 1 is 1.18 bits per heavy atom. The van der Waals surface area contributed by atoms with E-state index in [9.17, 15) is 4.21 Å². The van der Waals surface area contributed by atoms with Gasteiger partial charge in [0.25, 0.3) is 0 Å². The first-order valence-corrected chi connectivity index (χ1v) is 7.03. The van der Waals surface area contributed by atoms with E-state index in [1.807, 2.05) is 36.4 Å². The highest BCUT2D eigenvalue weighted by molar-refractivity contribution is 7.83. The van der Waals surface area contributed by atoms with Crippen LogP contribution in [-0.4, -0.2) is 15.4 Å². The van der Waals surface area contributed by atoms with Crippen LogP contribution in [0.4, 0.5) is 11.4 Å². The summed E-state index contributed by atoms with van der Waals surface area (Å²) < 4.78 is 11.2. The second-order valence-electron chi connectivity index (χ2n) is 3.78. The van der Waals surface area contributed by atoms with Gasteiger partial charge in [-0.3, -0.25) is 9.19 Å². The van der Waals surface area contributed by atoms with E-state index in [0.717, 1.165) is 16.9 Å². The fourth-order valence-electron chi connectivity index (χ4n) is 1.58. The predicted molar refractivity (Wildman–Crippen MR) is 71.7 cm³/mol. The van der Waals surface area contributed by atoms with E-state index in [4.69, 9.17) is 0 Å². The smallest absolute Gasteiger partial charge is 0.0483 e. The second kappa shape index (κ2) is 5.59. The number of anilines is 2. The van der Waals surface area contributed by atoms with Crippen LogP contribution in [-0.2, 0) is 16.6 Å². The molecule has 1 aromatic carbocycles. The van der Waals surface area contributed by atoms with Crippen molar-refractivity contribution in [2.75, 3.05) is 11.6 Å². The Labute approximate surface area is 103 Å². The third-order valence-electron chi connectivity index (χ3n) is 2.27. The highest BCUT2D eigenvalue weighted by Gasteiger charge is 1.98. The molecule has 0 aliphatic carbocycles. The molecule has 4 heteroatoms. The zero-order valence-corrected chi connectivity index (χ0v) is 10.4. The van der Waals surface area contributed by atoms with Gasteiger partial charge in [0.2, 0.25) is 0 Å². The summed E-state index contributed by atoms with van der Waals surface area (Å²) in [6, 6.07) is 11.8. The van der Waals surface area contributed by atoms with Crippen LogP contribution in [0.25, 0.3) is 0 Å². The highest BCUT2D eigenvalue weighted by Crippen LogP contribution is 2.17. The molecule has 17 heavy (non-hydrogen) atoms. The van der Waals surface area contributed by atoms with Crippen LogP contribution >= 0.6 is 0 Å². The van der Waals surface area contributed by atoms with Gasteiger partial charge < -0.3 is 5.32 Å². The minimum absolute atomic E-state index is 0.589. The highest BCUT2D eigenvalue weighted by atomic mass is 32.2. The summed E-state index contributed by atoms with van der Waals surface area (Å²) in [5.41, 5.74) is 3.07. The van der Waals surface area contributed by atoms with Crippen LogP contribution < -0.4 is 5.32 Å². The van der Waals surface area contributed by atoms with Crippen LogP contribution in [0.15, 0.2) is 48.8 Å². The Morgan fingerprint density at radius 2 is 1.94 bits per heavy atom. The summed E-state index contributed by atoms with van der Waals surface area (Å²) >= 11 is 0. The minimum atomic E-state index is -0.809. The normalized spacial score (nSPS) is 12.1. The van der Waals surface area contributed by atoms with Crippen molar-refractivity contribution in [3.05, 3.63) is 54.4 Å². The molecule has 1 heterocycles. The molecule has 0 saturated carbocycles.